The predicted octanol–water partition coefficient (Wildman–Crippen LogP) is 1.66. The Hall–Kier alpha value is -2.08. The van der Waals surface area contributed by atoms with Crippen LogP contribution in [0.25, 0.3) is 0 Å². The van der Waals surface area contributed by atoms with Crippen LogP contribution in [-0.2, 0) is 11.3 Å². The third-order valence-corrected chi connectivity index (χ3v) is 3.80. The first-order valence-electron chi connectivity index (χ1n) is 6.90. The molecule has 114 valence electrons. The molecular formula is C15H20N2O4. The van der Waals surface area contributed by atoms with Gasteiger partial charge in [0.2, 0.25) is 0 Å². The van der Waals surface area contributed by atoms with Gasteiger partial charge >= 0.3 is 12.1 Å². The van der Waals surface area contributed by atoms with Gasteiger partial charge in [-0.25, -0.2) is 9.59 Å². The molecule has 1 aliphatic rings. The molecule has 1 amide bonds. The van der Waals surface area contributed by atoms with E-state index in [2.05, 4.69) is 9.64 Å². The number of rotatable bonds is 3. The van der Waals surface area contributed by atoms with Gasteiger partial charge in [-0.2, -0.15) is 0 Å². The zero-order valence-electron chi connectivity index (χ0n) is 12.3. The zero-order valence-corrected chi connectivity index (χ0v) is 12.3. The van der Waals surface area contributed by atoms with Crippen molar-refractivity contribution in [2.75, 3.05) is 26.7 Å². The molecule has 0 aromatic heterocycles. The maximum atomic E-state index is 11.4. The normalized spacial score (nSPS) is 19.3. The summed E-state index contributed by atoms with van der Waals surface area (Å²) in [6, 6.07) is 7.49. The van der Waals surface area contributed by atoms with Crippen LogP contribution in [0.3, 0.4) is 0 Å². The third kappa shape index (κ3) is 3.72. The minimum atomic E-state index is -0.857. The molecule has 0 aliphatic carbocycles. The lowest BCUT2D eigenvalue weighted by atomic mass is 10.1. The molecular weight excluding hydrogens is 272 g/mol. The van der Waals surface area contributed by atoms with Crippen molar-refractivity contribution in [2.24, 2.45) is 0 Å². The van der Waals surface area contributed by atoms with E-state index < -0.39 is 6.09 Å². The van der Waals surface area contributed by atoms with Gasteiger partial charge in [-0.1, -0.05) is 12.1 Å². The van der Waals surface area contributed by atoms with Crippen LogP contribution in [0.2, 0.25) is 0 Å². The predicted molar refractivity (Wildman–Crippen MR) is 77.3 cm³/mol. The average Bonchev–Trinajstić information content (AvgIpc) is 2.49. The van der Waals surface area contributed by atoms with Crippen molar-refractivity contribution in [3.8, 4) is 0 Å². The fourth-order valence-electron chi connectivity index (χ4n) is 2.50. The van der Waals surface area contributed by atoms with Gasteiger partial charge < -0.3 is 14.7 Å². The third-order valence-electron chi connectivity index (χ3n) is 3.80. The Balaban J connectivity index is 1.96. The van der Waals surface area contributed by atoms with Gasteiger partial charge in [0.1, 0.15) is 0 Å². The van der Waals surface area contributed by atoms with Crippen LogP contribution in [0.1, 0.15) is 22.8 Å². The molecule has 2 rings (SSSR count). The topological polar surface area (TPSA) is 70.1 Å². The Kier molecular flexibility index (Phi) is 4.80. The summed E-state index contributed by atoms with van der Waals surface area (Å²) in [5.74, 6) is -0.343. The van der Waals surface area contributed by atoms with Crippen molar-refractivity contribution in [1.82, 2.24) is 9.80 Å². The maximum Gasteiger partial charge on any atom is 0.407 e. The molecule has 1 saturated heterocycles. The molecule has 0 spiro atoms. The monoisotopic (exact) mass is 292 g/mol. The van der Waals surface area contributed by atoms with Crippen molar-refractivity contribution in [3.05, 3.63) is 35.4 Å². The number of hydrogen-bond acceptors (Lipinski definition) is 4. The van der Waals surface area contributed by atoms with E-state index in [4.69, 9.17) is 5.11 Å². The summed E-state index contributed by atoms with van der Waals surface area (Å²) in [6.45, 7) is 4.54. The van der Waals surface area contributed by atoms with E-state index in [0.29, 0.717) is 25.2 Å². The molecule has 1 N–H and O–H groups in total. The quantitative estimate of drug-likeness (QED) is 0.858. The van der Waals surface area contributed by atoms with E-state index in [1.54, 1.807) is 12.1 Å². The Morgan fingerprint density at radius 1 is 1.29 bits per heavy atom. The summed E-state index contributed by atoms with van der Waals surface area (Å²) in [6.07, 6.45) is -0.857. The minimum Gasteiger partial charge on any atom is -0.465 e. The molecule has 1 aromatic carbocycles. The summed E-state index contributed by atoms with van der Waals surface area (Å²) in [4.78, 5) is 26.0. The molecule has 0 saturated carbocycles. The van der Waals surface area contributed by atoms with Gasteiger partial charge in [-0.3, -0.25) is 4.90 Å². The molecule has 0 radical (unpaired) electrons. The second-order valence-electron chi connectivity index (χ2n) is 5.24. The van der Waals surface area contributed by atoms with Crippen molar-refractivity contribution in [2.45, 2.75) is 19.5 Å². The number of piperazine rings is 1. The molecule has 6 nitrogen and oxygen atoms in total. The van der Waals surface area contributed by atoms with Gasteiger partial charge in [0.25, 0.3) is 0 Å². The number of carbonyl (C=O) groups is 2. The van der Waals surface area contributed by atoms with Crippen LogP contribution in [0.15, 0.2) is 24.3 Å². The smallest absolute Gasteiger partial charge is 0.407 e. The highest BCUT2D eigenvalue weighted by atomic mass is 16.5. The van der Waals surface area contributed by atoms with Gasteiger partial charge in [-0.15, -0.1) is 0 Å². The highest BCUT2D eigenvalue weighted by Crippen LogP contribution is 2.15. The number of hydrogen-bond donors (Lipinski definition) is 1. The van der Waals surface area contributed by atoms with Crippen molar-refractivity contribution in [1.29, 1.82) is 0 Å². The van der Waals surface area contributed by atoms with Crippen molar-refractivity contribution < 1.29 is 19.4 Å². The van der Waals surface area contributed by atoms with Gasteiger partial charge in [-0.05, 0) is 24.6 Å². The van der Waals surface area contributed by atoms with E-state index in [1.807, 2.05) is 19.1 Å². The summed E-state index contributed by atoms with van der Waals surface area (Å²) in [5.41, 5.74) is 1.63. The lowest BCUT2D eigenvalue weighted by molar-refractivity contribution is 0.0600. The van der Waals surface area contributed by atoms with Crippen LogP contribution in [-0.4, -0.2) is 59.8 Å². The first-order chi connectivity index (χ1) is 10.0. The van der Waals surface area contributed by atoms with Gasteiger partial charge in [0, 0.05) is 32.2 Å². The van der Waals surface area contributed by atoms with E-state index in [0.717, 1.165) is 12.1 Å². The summed E-state index contributed by atoms with van der Waals surface area (Å²) < 4.78 is 4.67. The number of carboxylic acid groups (broad SMARTS) is 1. The lowest BCUT2D eigenvalue weighted by Gasteiger charge is -2.38. The molecule has 1 fully saturated rings. The molecule has 1 heterocycles. The Bertz CT molecular complexity index is 515. The van der Waals surface area contributed by atoms with Crippen LogP contribution >= 0.6 is 0 Å². The number of amides is 1. The fraction of sp³-hybridized carbons (Fsp3) is 0.467. The number of benzene rings is 1. The van der Waals surface area contributed by atoms with E-state index in [-0.39, 0.29) is 12.0 Å². The van der Waals surface area contributed by atoms with Crippen LogP contribution < -0.4 is 0 Å². The van der Waals surface area contributed by atoms with E-state index >= 15 is 0 Å². The van der Waals surface area contributed by atoms with Crippen LogP contribution in [0, 0.1) is 0 Å². The molecule has 0 unspecified atom stereocenters. The average molecular weight is 292 g/mol. The highest BCUT2D eigenvalue weighted by Gasteiger charge is 2.26. The molecule has 0 bridgehead atoms. The maximum absolute atomic E-state index is 11.4. The Morgan fingerprint density at radius 3 is 2.48 bits per heavy atom. The summed E-state index contributed by atoms with van der Waals surface area (Å²) >= 11 is 0. The first-order valence-corrected chi connectivity index (χ1v) is 6.90. The SMILES string of the molecule is COC(=O)c1ccc(CN2CCN(C(=O)O)C[C@@H]2C)cc1. The molecule has 1 aromatic rings. The second kappa shape index (κ2) is 6.58. The fourth-order valence-corrected chi connectivity index (χ4v) is 2.50. The number of nitrogens with zero attached hydrogens (tertiary/aromatic N) is 2. The van der Waals surface area contributed by atoms with Crippen molar-refractivity contribution >= 4 is 12.1 Å². The number of esters is 1. The van der Waals surface area contributed by atoms with Crippen LogP contribution in [0.5, 0.6) is 0 Å². The first kappa shape index (κ1) is 15.3. The van der Waals surface area contributed by atoms with Crippen molar-refractivity contribution in [3.63, 3.8) is 0 Å². The molecule has 6 heteroatoms. The highest BCUT2D eigenvalue weighted by molar-refractivity contribution is 5.89. The van der Waals surface area contributed by atoms with E-state index in [1.165, 1.54) is 12.0 Å². The standard InChI is InChI=1S/C15H20N2O4/c1-11-9-17(15(19)20)8-7-16(11)10-12-3-5-13(6-4-12)14(18)21-2/h3-6,11H,7-10H2,1-2H3,(H,19,20)/t11-/m0/s1. The summed E-state index contributed by atoms with van der Waals surface area (Å²) in [7, 11) is 1.36. The zero-order chi connectivity index (χ0) is 15.4. The molecule has 1 aliphatic heterocycles. The lowest BCUT2D eigenvalue weighted by Crippen LogP contribution is -2.52. The van der Waals surface area contributed by atoms with Gasteiger partial charge in [0.15, 0.2) is 0 Å². The summed E-state index contributed by atoms with van der Waals surface area (Å²) in [5, 5.41) is 9.00. The Labute approximate surface area is 123 Å². The minimum absolute atomic E-state index is 0.176. The number of methoxy groups -OCH3 is 1. The number of ether oxygens (including phenoxy) is 1. The van der Waals surface area contributed by atoms with Gasteiger partial charge in [0.05, 0.1) is 12.7 Å². The molecule has 1 atom stereocenters. The van der Waals surface area contributed by atoms with Crippen LogP contribution in [0.4, 0.5) is 4.79 Å². The largest absolute Gasteiger partial charge is 0.465 e. The van der Waals surface area contributed by atoms with E-state index in [9.17, 15) is 9.59 Å². The Morgan fingerprint density at radius 2 is 1.95 bits per heavy atom. The second-order valence-corrected chi connectivity index (χ2v) is 5.24. The molecule has 21 heavy (non-hydrogen) atoms. The number of carbonyl (C=O) groups excluding carboxylic acids is 1.